The molecule has 0 bridgehead atoms. The Labute approximate surface area is 197 Å². The molecule has 2 unspecified atom stereocenters. The average Bonchev–Trinajstić information content (AvgIpc) is 3.61. The van der Waals surface area contributed by atoms with Crippen LogP contribution in [0.1, 0.15) is 68.0 Å². The van der Waals surface area contributed by atoms with E-state index in [9.17, 15) is 14.4 Å². The summed E-state index contributed by atoms with van der Waals surface area (Å²) in [5.41, 5.74) is -0.607. The highest BCUT2D eigenvalue weighted by atomic mass is 32.1. The van der Waals surface area contributed by atoms with Crippen LogP contribution in [0.25, 0.3) is 0 Å². The Morgan fingerprint density at radius 1 is 1.18 bits per heavy atom. The number of hydrogen-bond acceptors (Lipinski definition) is 6. The highest BCUT2D eigenvalue weighted by molar-refractivity contribution is 7.09. The quantitative estimate of drug-likeness (QED) is 0.603. The lowest BCUT2D eigenvalue weighted by atomic mass is 9.75. The predicted molar refractivity (Wildman–Crippen MR) is 124 cm³/mol. The van der Waals surface area contributed by atoms with Gasteiger partial charge in [-0.15, -0.1) is 11.3 Å². The van der Waals surface area contributed by atoms with Gasteiger partial charge in [0.05, 0.1) is 18.6 Å². The molecule has 2 saturated heterocycles. The fraction of sp³-hybridized carbons (Fsp3) is 0.520. The second kappa shape index (κ2) is 8.89. The molecule has 3 aliphatic rings. The molecule has 174 valence electrons. The lowest BCUT2D eigenvalue weighted by Gasteiger charge is -2.32. The molecule has 1 aliphatic carbocycles. The van der Waals surface area contributed by atoms with Crippen molar-refractivity contribution in [2.24, 2.45) is 0 Å². The molecule has 1 saturated carbocycles. The van der Waals surface area contributed by atoms with Crippen LogP contribution < -0.4 is 4.74 Å². The van der Waals surface area contributed by atoms with Crippen LogP contribution >= 0.6 is 11.3 Å². The molecule has 2 aromatic rings. The van der Waals surface area contributed by atoms with Gasteiger partial charge in [-0.3, -0.25) is 19.3 Å². The Kier molecular flexibility index (Phi) is 5.95. The van der Waals surface area contributed by atoms with Crippen molar-refractivity contribution in [3.63, 3.8) is 0 Å². The molecule has 1 aromatic carbocycles. The number of ether oxygens (including phenoxy) is 1. The molecular formula is C25H29N3O4S. The van der Waals surface area contributed by atoms with Crippen LogP contribution in [0, 0.1) is 0 Å². The van der Waals surface area contributed by atoms with Crippen molar-refractivity contribution in [3.8, 4) is 5.75 Å². The number of para-hydroxylation sites is 1. The zero-order valence-corrected chi connectivity index (χ0v) is 19.7. The monoisotopic (exact) mass is 467 g/mol. The van der Waals surface area contributed by atoms with E-state index in [0.717, 1.165) is 43.5 Å². The molecule has 33 heavy (non-hydrogen) atoms. The van der Waals surface area contributed by atoms with E-state index in [1.54, 1.807) is 30.7 Å². The minimum absolute atomic E-state index is 0.00417. The van der Waals surface area contributed by atoms with Gasteiger partial charge in [0.15, 0.2) is 0 Å². The third-order valence-corrected chi connectivity index (χ3v) is 8.30. The van der Waals surface area contributed by atoms with Crippen molar-refractivity contribution in [2.45, 2.75) is 68.9 Å². The summed E-state index contributed by atoms with van der Waals surface area (Å²) in [5.74, 6) is 0.0105. The molecule has 0 spiro atoms. The zero-order chi connectivity index (χ0) is 23.0. The van der Waals surface area contributed by atoms with E-state index in [1.807, 2.05) is 28.5 Å². The first-order chi connectivity index (χ1) is 16.0. The van der Waals surface area contributed by atoms with Crippen LogP contribution in [0.2, 0.25) is 0 Å². The first-order valence-electron chi connectivity index (χ1n) is 11.7. The lowest BCUT2D eigenvalue weighted by molar-refractivity contribution is -0.145. The van der Waals surface area contributed by atoms with Gasteiger partial charge in [-0.2, -0.15) is 0 Å². The molecule has 1 aromatic heterocycles. The molecule has 2 aliphatic heterocycles. The molecule has 3 fully saturated rings. The molecule has 7 nitrogen and oxygen atoms in total. The lowest BCUT2D eigenvalue weighted by Crippen LogP contribution is -2.46. The van der Waals surface area contributed by atoms with E-state index in [0.29, 0.717) is 17.9 Å². The Hall–Kier alpha value is -2.74. The second-order valence-electron chi connectivity index (χ2n) is 9.26. The number of carbonyl (C=O) groups excluding carboxylic acids is 3. The molecule has 3 amide bonds. The van der Waals surface area contributed by atoms with Crippen LogP contribution in [-0.2, 0) is 19.8 Å². The maximum absolute atomic E-state index is 14.0. The number of imide groups is 1. The van der Waals surface area contributed by atoms with E-state index in [-0.39, 0.29) is 42.6 Å². The fourth-order valence-electron chi connectivity index (χ4n) is 5.86. The van der Waals surface area contributed by atoms with Gasteiger partial charge in [-0.1, -0.05) is 31.0 Å². The summed E-state index contributed by atoms with van der Waals surface area (Å²) in [5, 5.41) is 2.85. The minimum atomic E-state index is -1.24. The number of aromatic nitrogens is 1. The van der Waals surface area contributed by atoms with Gasteiger partial charge >= 0.3 is 0 Å². The summed E-state index contributed by atoms with van der Waals surface area (Å²) in [7, 11) is 1.56. The second-order valence-corrected chi connectivity index (χ2v) is 10.2. The van der Waals surface area contributed by atoms with Crippen molar-refractivity contribution in [2.75, 3.05) is 13.7 Å². The van der Waals surface area contributed by atoms with Crippen LogP contribution in [0.4, 0.5) is 0 Å². The number of nitrogens with zero attached hydrogens (tertiary/aromatic N) is 3. The number of rotatable bonds is 6. The number of likely N-dealkylation sites (tertiary alicyclic amines) is 2. The van der Waals surface area contributed by atoms with Crippen molar-refractivity contribution in [1.82, 2.24) is 14.8 Å². The standard InChI is InChI=1S/C25H29N3O4S/c1-32-20-11-5-4-9-18(20)25(16-22(30)28(24(25)31)17-7-2-3-8-17)15-21(29)27-13-6-10-19(27)23-26-12-14-33-23/h4-5,9,11-12,14,17,19H,2-3,6-8,10,13,15-16H2,1H3. The van der Waals surface area contributed by atoms with Gasteiger partial charge in [0.2, 0.25) is 17.7 Å². The maximum Gasteiger partial charge on any atom is 0.241 e. The van der Waals surface area contributed by atoms with Crippen molar-refractivity contribution in [1.29, 1.82) is 0 Å². The van der Waals surface area contributed by atoms with E-state index in [2.05, 4.69) is 4.98 Å². The van der Waals surface area contributed by atoms with Gasteiger partial charge in [0.1, 0.15) is 10.8 Å². The normalized spacial score (nSPS) is 25.9. The molecule has 3 heterocycles. The van der Waals surface area contributed by atoms with Crippen molar-refractivity contribution in [3.05, 3.63) is 46.4 Å². The van der Waals surface area contributed by atoms with Crippen LogP contribution in [-0.4, -0.2) is 52.2 Å². The summed E-state index contributed by atoms with van der Waals surface area (Å²) < 4.78 is 5.60. The topological polar surface area (TPSA) is 79.8 Å². The SMILES string of the molecule is COc1ccccc1C1(CC(=O)N2CCCC2c2nccs2)CC(=O)N(C2CCCC2)C1=O. The smallest absolute Gasteiger partial charge is 0.241 e. The summed E-state index contributed by atoms with van der Waals surface area (Å²) in [6.45, 7) is 0.638. The molecule has 0 radical (unpaired) electrons. The van der Waals surface area contributed by atoms with Gasteiger partial charge in [-0.25, -0.2) is 4.98 Å². The predicted octanol–water partition coefficient (Wildman–Crippen LogP) is 3.84. The molecular weight excluding hydrogens is 438 g/mol. The van der Waals surface area contributed by atoms with Crippen LogP contribution in [0.15, 0.2) is 35.8 Å². The number of hydrogen-bond donors (Lipinski definition) is 0. The van der Waals surface area contributed by atoms with Crippen molar-refractivity contribution >= 4 is 29.1 Å². The van der Waals surface area contributed by atoms with E-state index < -0.39 is 5.41 Å². The molecule has 8 heteroatoms. The number of methoxy groups -OCH3 is 1. The van der Waals surface area contributed by atoms with Gasteiger partial charge in [0, 0.05) is 42.6 Å². The number of amides is 3. The highest BCUT2D eigenvalue weighted by Crippen LogP contribution is 2.47. The molecule has 2 atom stereocenters. The van der Waals surface area contributed by atoms with Gasteiger partial charge in [-0.05, 0) is 31.7 Å². The molecule has 0 N–H and O–H groups in total. The summed E-state index contributed by atoms with van der Waals surface area (Å²) in [4.78, 5) is 48.8. The average molecular weight is 468 g/mol. The van der Waals surface area contributed by atoms with E-state index >= 15 is 0 Å². The van der Waals surface area contributed by atoms with Gasteiger partial charge in [0.25, 0.3) is 0 Å². The first kappa shape index (κ1) is 22.1. The van der Waals surface area contributed by atoms with Crippen molar-refractivity contribution < 1.29 is 19.1 Å². The highest BCUT2D eigenvalue weighted by Gasteiger charge is 2.57. The fourth-order valence-corrected chi connectivity index (χ4v) is 6.64. The number of carbonyl (C=O) groups is 3. The van der Waals surface area contributed by atoms with Crippen LogP contribution in [0.5, 0.6) is 5.75 Å². The maximum atomic E-state index is 14.0. The minimum Gasteiger partial charge on any atom is -0.496 e. The first-order valence-corrected chi connectivity index (χ1v) is 12.6. The van der Waals surface area contributed by atoms with Gasteiger partial charge < -0.3 is 9.64 Å². The largest absolute Gasteiger partial charge is 0.496 e. The summed E-state index contributed by atoms with van der Waals surface area (Å²) in [6.07, 6.45) is 7.21. The third-order valence-electron chi connectivity index (χ3n) is 7.42. The summed E-state index contributed by atoms with van der Waals surface area (Å²) >= 11 is 1.55. The van der Waals surface area contributed by atoms with E-state index in [4.69, 9.17) is 4.74 Å². The Morgan fingerprint density at radius 2 is 1.97 bits per heavy atom. The zero-order valence-electron chi connectivity index (χ0n) is 18.9. The third kappa shape index (κ3) is 3.74. The Bertz CT molecular complexity index is 1050. The number of thiazole rings is 1. The Morgan fingerprint density at radius 3 is 2.70 bits per heavy atom. The van der Waals surface area contributed by atoms with E-state index in [1.165, 1.54) is 4.90 Å². The summed E-state index contributed by atoms with van der Waals surface area (Å²) in [6, 6.07) is 7.18. The Balaban J connectivity index is 1.52. The molecule has 5 rings (SSSR count). The van der Waals surface area contributed by atoms with Crippen LogP contribution in [0.3, 0.4) is 0 Å². The number of benzene rings is 1.